The molecule has 6 nitrogen and oxygen atoms in total. The minimum Gasteiger partial charge on any atom is -0.469 e. The minimum atomic E-state index is -3.36. The first-order chi connectivity index (χ1) is 8.45. The van der Waals surface area contributed by atoms with Crippen LogP contribution in [0.2, 0.25) is 0 Å². The topological polar surface area (TPSA) is 75.7 Å². The summed E-state index contributed by atoms with van der Waals surface area (Å²) in [5, 5.41) is 3.26. The van der Waals surface area contributed by atoms with Gasteiger partial charge in [0.1, 0.15) is 0 Å². The van der Waals surface area contributed by atoms with Gasteiger partial charge < -0.3 is 10.1 Å². The van der Waals surface area contributed by atoms with Gasteiger partial charge in [-0.15, -0.1) is 0 Å². The summed E-state index contributed by atoms with van der Waals surface area (Å²) < 4.78 is 29.6. The van der Waals surface area contributed by atoms with E-state index in [0.29, 0.717) is 12.5 Å². The van der Waals surface area contributed by atoms with Gasteiger partial charge in [-0.2, -0.15) is 0 Å². The summed E-state index contributed by atoms with van der Waals surface area (Å²) in [6.45, 7) is 2.38. The van der Waals surface area contributed by atoms with E-state index in [2.05, 4.69) is 10.1 Å². The Morgan fingerprint density at radius 3 is 2.78 bits per heavy atom. The first kappa shape index (κ1) is 15.4. The number of hydrogen-bond donors (Lipinski definition) is 1. The van der Waals surface area contributed by atoms with Crippen LogP contribution in [0, 0.1) is 5.92 Å². The fourth-order valence-corrected chi connectivity index (χ4v) is 3.20. The highest BCUT2D eigenvalue weighted by Gasteiger charge is 2.23. The summed E-state index contributed by atoms with van der Waals surface area (Å²) in [6, 6.07) is 0. The third-order valence-corrected chi connectivity index (χ3v) is 5.00. The highest BCUT2D eigenvalue weighted by atomic mass is 32.2. The Morgan fingerprint density at radius 1 is 1.50 bits per heavy atom. The molecule has 0 amide bonds. The molecule has 1 unspecified atom stereocenters. The molecule has 1 aliphatic rings. The third-order valence-electron chi connectivity index (χ3n) is 3.18. The molecule has 0 aliphatic carbocycles. The van der Waals surface area contributed by atoms with Gasteiger partial charge in [0.2, 0.25) is 10.0 Å². The monoisotopic (exact) mass is 278 g/mol. The van der Waals surface area contributed by atoms with Crippen molar-refractivity contribution in [2.45, 2.75) is 19.3 Å². The Balaban J connectivity index is 2.42. The number of nitrogens with zero attached hydrogens (tertiary/aromatic N) is 1. The van der Waals surface area contributed by atoms with E-state index in [-0.39, 0.29) is 12.2 Å². The van der Waals surface area contributed by atoms with Crippen molar-refractivity contribution in [2.24, 2.45) is 5.92 Å². The predicted octanol–water partition coefficient (Wildman–Crippen LogP) is -0.189. The van der Waals surface area contributed by atoms with Crippen molar-refractivity contribution in [1.82, 2.24) is 9.62 Å². The highest BCUT2D eigenvalue weighted by Crippen LogP contribution is 2.13. The molecule has 1 fully saturated rings. The maximum atomic E-state index is 11.9. The second-order valence-electron chi connectivity index (χ2n) is 4.64. The molecular weight excluding hydrogens is 256 g/mol. The van der Waals surface area contributed by atoms with Crippen LogP contribution in [0.3, 0.4) is 0 Å². The van der Waals surface area contributed by atoms with Crippen LogP contribution < -0.4 is 5.32 Å². The van der Waals surface area contributed by atoms with Gasteiger partial charge in [-0.3, -0.25) is 4.79 Å². The van der Waals surface area contributed by atoms with Gasteiger partial charge >= 0.3 is 5.97 Å². The summed E-state index contributed by atoms with van der Waals surface area (Å²) in [5.74, 6) is -0.320. The molecule has 1 atom stereocenters. The normalized spacial score (nSPS) is 20.9. The van der Waals surface area contributed by atoms with E-state index >= 15 is 0 Å². The summed E-state index contributed by atoms with van der Waals surface area (Å²) >= 11 is 0. The number of hydrogen-bond acceptors (Lipinski definition) is 5. The van der Waals surface area contributed by atoms with E-state index in [1.807, 2.05) is 0 Å². The molecule has 7 heteroatoms. The van der Waals surface area contributed by atoms with E-state index in [0.717, 1.165) is 25.9 Å². The predicted molar refractivity (Wildman–Crippen MR) is 68.6 cm³/mol. The number of carbonyl (C=O) groups is 1. The lowest BCUT2D eigenvalue weighted by Gasteiger charge is -2.27. The van der Waals surface area contributed by atoms with Crippen LogP contribution in [0.1, 0.15) is 19.3 Å². The zero-order valence-corrected chi connectivity index (χ0v) is 11.8. The lowest BCUT2D eigenvalue weighted by molar-refractivity contribution is -0.140. The number of ether oxygens (including phenoxy) is 1. The van der Waals surface area contributed by atoms with E-state index < -0.39 is 16.0 Å². The van der Waals surface area contributed by atoms with Gasteiger partial charge in [-0.1, -0.05) is 0 Å². The zero-order valence-electron chi connectivity index (χ0n) is 11.0. The number of piperidine rings is 1. The Bertz CT molecular complexity index is 363. The number of rotatable bonds is 6. The number of carbonyl (C=O) groups excluding carboxylic acids is 1. The maximum absolute atomic E-state index is 11.9. The zero-order chi connectivity index (χ0) is 13.6. The molecule has 0 radical (unpaired) electrons. The van der Waals surface area contributed by atoms with Gasteiger partial charge in [0, 0.05) is 13.6 Å². The summed E-state index contributed by atoms with van der Waals surface area (Å²) in [4.78, 5) is 11.0. The van der Waals surface area contributed by atoms with Crippen LogP contribution in [-0.2, 0) is 19.6 Å². The average Bonchev–Trinajstić information content (AvgIpc) is 2.37. The molecule has 0 saturated carbocycles. The van der Waals surface area contributed by atoms with Crippen molar-refractivity contribution in [3.05, 3.63) is 0 Å². The average molecular weight is 278 g/mol. The van der Waals surface area contributed by atoms with E-state index in [9.17, 15) is 13.2 Å². The van der Waals surface area contributed by atoms with Crippen LogP contribution >= 0.6 is 0 Å². The van der Waals surface area contributed by atoms with Gasteiger partial charge in [-0.05, 0) is 31.8 Å². The Kier molecular flexibility index (Phi) is 6.04. The molecule has 0 bridgehead atoms. The standard InChI is InChI=1S/C11H22N2O4S/c1-13(9-10-4-3-6-12-8-10)18(15,16)7-5-11(14)17-2/h10,12H,3-9H2,1-2H3. The molecular formula is C11H22N2O4S. The van der Waals surface area contributed by atoms with Crippen molar-refractivity contribution in [2.75, 3.05) is 39.5 Å². The van der Waals surface area contributed by atoms with Crippen molar-refractivity contribution >= 4 is 16.0 Å². The van der Waals surface area contributed by atoms with Gasteiger partial charge in [0.05, 0.1) is 19.3 Å². The Hall–Kier alpha value is -0.660. The van der Waals surface area contributed by atoms with Gasteiger partial charge in [0.15, 0.2) is 0 Å². The van der Waals surface area contributed by atoms with Crippen LogP contribution in [-0.4, -0.2) is 58.2 Å². The molecule has 0 aromatic carbocycles. The largest absolute Gasteiger partial charge is 0.469 e. The van der Waals surface area contributed by atoms with Crippen molar-refractivity contribution < 1.29 is 17.9 Å². The van der Waals surface area contributed by atoms with Gasteiger partial charge in [-0.25, -0.2) is 12.7 Å². The van der Waals surface area contributed by atoms with Crippen LogP contribution in [0.15, 0.2) is 0 Å². The molecule has 1 saturated heterocycles. The Labute approximate surface area is 109 Å². The highest BCUT2D eigenvalue weighted by molar-refractivity contribution is 7.89. The summed E-state index contributed by atoms with van der Waals surface area (Å²) in [5.41, 5.74) is 0. The van der Waals surface area contributed by atoms with Crippen LogP contribution in [0.25, 0.3) is 0 Å². The lowest BCUT2D eigenvalue weighted by atomic mass is 10.00. The molecule has 18 heavy (non-hydrogen) atoms. The number of sulfonamides is 1. The summed E-state index contributed by atoms with van der Waals surface area (Å²) in [6.07, 6.45) is 2.04. The van der Waals surface area contributed by atoms with Crippen LogP contribution in [0.5, 0.6) is 0 Å². The van der Waals surface area contributed by atoms with Crippen molar-refractivity contribution in [3.8, 4) is 0 Å². The molecule has 1 heterocycles. The van der Waals surface area contributed by atoms with Crippen molar-refractivity contribution in [1.29, 1.82) is 0 Å². The second kappa shape index (κ2) is 7.06. The molecule has 1 rings (SSSR count). The van der Waals surface area contributed by atoms with Crippen molar-refractivity contribution in [3.63, 3.8) is 0 Å². The molecule has 0 spiro atoms. The second-order valence-corrected chi connectivity index (χ2v) is 6.83. The van der Waals surface area contributed by atoms with Crippen LogP contribution in [0.4, 0.5) is 0 Å². The molecule has 0 aromatic heterocycles. The Morgan fingerprint density at radius 2 is 2.22 bits per heavy atom. The lowest BCUT2D eigenvalue weighted by Crippen LogP contribution is -2.40. The van der Waals surface area contributed by atoms with E-state index in [1.165, 1.54) is 11.4 Å². The molecule has 1 N–H and O–H groups in total. The molecule has 0 aromatic rings. The summed E-state index contributed by atoms with van der Waals surface area (Å²) in [7, 11) is -0.533. The fourth-order valence-electron chi connectivity index (χ4n) is 2.03. The quantitative estimate of drug-likeness (QED) is 0.682. The van der Waals surface area contributed by atoms with Gasteiger partial charge in [0.25, 0.3) is 0 Å². The first-order valence-electron chi connectivity index (χ1n) is 6.17. The fraction of sp³-hybridized carbons (Fsp3) is 0.909. The first-order valence-corrected chi connectivity index (χ1v) is 7.78. The molecule has 1 aliphatic heterocycles. The number of nitrogens with one attached hydrogen (secondary N) is 1. The molecule has 106 valence electrons. The smallest absolute Gasteiger partial charge is 0.306 e. The SMILES string of the molecule is COC(=O)CCS(=O)(=O)N(C)CC1CCCNC1. The number of esters is 1. The van der Waals surface area contributed by atoms with E-state index in [4.69, 9.17) is 0 Å². The van der Waals surface area contributed by atoms with E-state index in [1.54, 1.807) is 7.05 Å². The number of methoxy groups -OCH3 is 1. The third kappa shape index (κ3) is 4.91. The minimum absolute atomic E-state index is 0.0912. The maximum Gasteiger partial charge on any atom is 0.306 e.